The quantitative estimate of drug-likeness (QED) is 0.814. The third-order valence-corrected chi connectivity index (χ3v) is 2.84. The molecule has 1 aromatic rings. The summed E-state index contributed by atoms with van der Waals surface area (Å²) in [6, 6.07) is 3.21. The molecule has 2 rings (SSSR count). The zero-order valence-corrected chi connectivity index (χ0v) is 8.42. The second-order valence-electron chi connectivity index (χ2n) is 3.84. The Morgan fingerprint density at radius 1 is 1.27 bits per heavy atom. The average Bonchev–Trinajstić information content (AvgIpc) is 2.30. The van der Waals surface area contributed by atoms with Gasteiger partial charge in [0.25, 0.3) is 6.43 Å². The summed E-state index contributed by atoms with van der Waals surface area (Å²) in [5.41, 5.74) is 0.952. The molecule has 1 aromatic heterocycles. The third kappa shape index (κ3) is 2.50. The van der Waals surface area contributed by atoms with E-state index >= 15 is 0 Å². The lowest BCUT2D eigenvalue weighted by Crippen LogP contribution is -2.26. The highest BCUT2D eigenvalue weighted by atomic mass is 19.3. The summed E-state index contributed by atoms with van der Waals surface area (Å²) in [5, 5.41) is 3.27. The van der Waals surface area contributed by atoms with E-state index in [0.29, 0.717) is 5.92 Å². The van der Waals surface area contributed by atoms with E-state index in [1.165, 1.54) is 6.07 Å². The third-order valence-electron chi connectivity index (χ3n) is 2.84. The second kappa shape index (κ2) is 4.66. The largest absolute Gasteiger partial charge is 0.317 e. The van der Waals surface area contributed by atoms with Crippen molar-refractivity contribution in [2.75, 3.05) is 13.1 Å². The first-order valence-electron chi connectivity index (χ1n) is 5.22. The normalized spacial score (nSPS) is 18.3. The van der Waals surface area contributed by atoms with E-state index in [1.807, 2.05) is 0 Å². The number of alkyl halides is 2. The minimum Gasteiger partial charge on any atom is -0.317 e. The monoisotopic (exact) mass is 212 g/mol. The lowest BCUT2D eigenvalue weighted by Gasteiger charge is -2.22. The van der Waals surface area contributed by atoms with Crippen LogP contribution in [0.3, 0.4) is 0 Å². The smallest absolute Gasteiger partial charge is 0.280 e. The van der Waals surface area contributed by atoms with Crippen molar-refractivity contribution >= 4 is 0 Å². The van der Waals surface area contributed by atoms with Crippen molar-refractivity contribution in [2.24, 2.45) is 0 Å². The summed E-state index contributed by atoms with van der Waals surface area (Å²) >= 11 is 0. The van der Waals surface area contributed by atoms with Gasteiger partial charge in [0.2, 0.25) is 0 Å². The van der Waals surface area contributed by atoms with Crippen molar-refractivity contribution in [2.45, 2.75) is 25.2 Å². The number of hydrogen-bond donors (Lipinski definition) is 1. The Hall–Kier alpha value is -1.03. The SMILES string of the molecule is FC(F)c1ccc(C2CCNCC2)cn1. The fourth-order valence-corrected chi connectivity index (χ4v) is 1.94. The van der Waals surface area contributed by atoms with Crippen LogP contribution in [0.1, 0.15) is 36.4 Å². The van der Waals surface area contributed by atoms with E-state index in [1.54, 1.807) is 12.3 Å². The molecule has 1 fully saturated rings. The predicted molar refractivity (Wildman–Crippen MR) is 54.0 cm³/mol. The van der Waals surface area contributed by atoms with Gasteiger partial charge in [-0.2, -0.15) is 0 Å². The maximum atomic E-state index is 12.3. The van der Waals surface area contributed by atoms with Crippen LogP contribution in [0.15, 0.2) is 18.3 Å². The van der Waals surface area contributed by atoms with Gasteiger partial charge in [0.1, 0.15) is 5.69 Å². The molecule has 1 aliphatic rings. The Labute approximate surface area is 87.7 Å². The average molecular weight is 212 g/mol. The van der Waals surface area contributed by atoms with Gasteiger partial charge in [0.15, 0.2) is 0 Å². The Morgan fingerprint density at radius 3 is 2.53 bits per heavy atom. The number of piperidine rings is 1. The van der Waals surface area contributed by atoms with E-state index in [2.05, 4.69) is 10.3 Å². The van der Waals surface area contributed by atoms with Gasteiger partial charge in [-0.15, -0.1) is 0 Å². The maximum absolute atomic E-state index is 12.3. The van der Waals surface area contributed by atoms with Crippen LogP contribution >= 0.6 is 0 Å². The van der Waals surface area contributed by atoms with Gasteiger partial charge in [-0.1, -0.05) is 6.07 Å². The summed E-state index contributed by atoms with van der Waals surface area (Å²) in [4.78, 5) is 3.78. The molecular formula is C11H14F2N2. The summed E-state index contributed by atoms with van der Waals surface area (Å²) < 4.78 is 24.5. The molecule has 82 valence electrons. The minimum absolute atomic E-state index is 0.132. The number of aromatic nitrogens is 1. The maximum Gasteiger partial charge on any atom is 0.280 e. The molecule has 0 unspecified atom stereocenters. The molecule has 0 radical (unpaired) electrons. The molecule has 0 atom stereocenters. The number of nitrogens with zero attached hydrogens (tertiary/aromatic N) is 1. The van der Waals surface area contributed by atoms with Crippen LogP contribution < -0.4 is 5.32 Å². The van der Waals surface area contributed by atoms with Crippen molar-refractivity contribution in [3.63, 3.8) is 0 Å². The number of pyridine rings is 1. The second-order valence-corrected chi connectivity index (χ2v) is 3.84. The summed E-state index contributed by atoms with van der Waals surface area (Å²) in [6.07, 6.45) is 1.26. The highest BCUT2D eigenvalue weighted by Gasteiger charge is 2.16. The van der Waals surface area contributed by atoms with E-state index in [4.69, 9.17) is 0 Å². The Balaban J connectivity index is 2.08. The molecule has 15 heavy (non-hydrogen) atoms. The Kier molecular flexibility index (Phi) is 3.26. The standard InChI is InChI=1S/C11H14F2N2/c12-11(13)10-2-1-9(7-15-10)8-3-5-14-6-4-8/h1-2,7-8,11,14H,3-6H2. The molecule has 1 saturated heterocycles. The molecule has 4 heteroatoms. The summed E-state index contributed by atoms with van der Waals surface area (Å²) in [6.45, 7) is 2.00. The van der Waals surface area contributed by atoms with Gasteiger partial charge in [0, 0.05) is 6.20 Å². The lowest BCUT2D eigenvalue weighted by atomic mass is 9.91. The predicted octanol–water partition coefficient (Wildman–Crippen LogP) is 2.49. The summed E-state index contributed by atoms with van der Waals surface area (Å²) in [5.74, 6) is 0.477. The van der Waals surface area contributed by atoms with Crippen molar-refractivity contribution < 1.29 is 8.78 Å². The van der Waals surface area contributed by atoms with Crippen molar-refractivity contribution in [3.8, 4) is 0 Å². The molecule has 2 nitrogen and oxygen atoms in total. The first-order valence-corrected chi connectivity index (χ1v) is 5.22. The van der Waals surface area contributed by atoms with Crippen LogP contribution in [0.4, 0.5) is 8.78 Å². The molecule has 0 spiro atoms. The van der Waals surface area contributed by atoms with Crippen LogP contribution in [-0.2, 0) is 0 Å². The van der Waals surface area contributed by atoms with Gasteiger partial charge in [-0.05, 0) is 43.5 Å². The van der Waals surface area contributed by atoms with Crippen LogP contribution in [0.25, 0.3) is 0 Å². The highest BCUT2D eigenvalue weighted by Crippen LogP contribution is 2.25. The molecule has 0 saturated carbocycles. The van der Waals surface area contributed by atoms with Gasteiger partial charge < -0.3 is 5.32 Å². The van der Waals surface area contributed by atoms with Crippen molar-refractivity contribution in [3.05, 3.63) is 29.6 Å². The van der Waals surface area contributed by atoms with Crippen LogP contribution in [0.5, 0.6) is 0 Å². The van der Waals surface area contributed by atoms with Crippen molar-refractivity contribution in [1.29, 1.82) is 0 Å². The Bertz CT molecular complexity index is 305. The molecule has 0 aromatic carbocycles. The van der Waals surface area contributed by atoms with Crippen LogP contribution in [0, 0.1) is 0 Å². The van der Waals surface area contributed by atoms with Crippen LogP contribution in [-0.4, -0.2) is 18.1 Å². The van der Waals surface area contributed by atoms with Gasteiger partial charge in [-0.25, -0.2) is 8.78 Å². The van der Waals surface area contributed by atoms with Crippen molar-refractivity contribution in [1.82, 2.24) is 10.3 Å². The van der Waals surface area contributed by atoms with E-state index in [9.17, 15) is 8.78 Å². The topological polar surface area (TPSA) is 24.9 Å². The first kappa shape index (κ1) is 10.5. The molecule has 1 aliphatic heterocycles. The fourth-order valence-electron chi connectivity index (χ4n) is 1.94. The number of nitrogens with one attached hydrogen (secondary N) is 1. The minimum atomic E-state index is -2.47. The first-order chi connectivity index (χ1) is 7.27. The van der Waals surface area contributed by atoms with E-state index in [-0.39, 0.29) is 5.69 Å². The van der Waals surface area contributed by atoms with Gasteiger partial charge in [0.05, 0.1) is 0 Å². The molecule has 1 N–H and O–H groups in total. The van der Waals surface area contributed by atoms with Crippen LogP contribution in [0.2, 0.25) is 0 Å². The zero-order valence-electron chi connectivity index (χ0n) is 8.42. The molecule has 0 aliphatic carbocycles. The molecule has 2 heterocycles. The number of rotatable bonds is 2. The van der Waals surface area contributed by atoms with Gasteiger partial charge in [-0.3, -0.25) is 4.98 Å². The lowest BCUT2D eigenvalue weighted by molar-refractivity contribution is 0.146. The van der Waals surface area contributed by atoms with E-state index < -0.39 is 6.43 Å². The Morgan fingerprint density at radius 2 is 2.00 bits per heavy atom. The fraction of sp³-hybridized carbons (Fsp3) is 0.545. The zero-order chi connectivity index (χ0) is 10.7. The molecular weight excluding hydrogens is 198 g/mol. The molecule has 0 bridgehead atoms. The number of halogens is 2. The molecule has 0 amide bonds. The van der Waals surface area contributed by atoms with Gasteiger partial charge >= 0.3 is 0 Å². The van der Waals surface area contributed by atoms with E-state index in [0.717, 1.165) is 31.5 Å². The summed E-state index contributed by atoms with van der Waals surface area (Å²) in [7, 11) is 0. The number of hydrogen-bond acceptors (Lipinski definition) is 2. The highest BCUT2D eigenvalue weighted by molar-refractivity contribution is 5.19.